The van der Waals surface area contributed by atoms with E-state index in [0.717, 1.165) is 30.2 Å². The number of anilines is 1. The molecule has 1 amide bonds. The number of ether oxygens (including phenoxy) is 2. The zero-order valence-corrected chi connectivity index (χ0v) is 13.7. The summed E-state index contributed by atoms with van der Waals surface area (Å²) in [6.45, 7) is 3.47. The van der Waals surface area contributed by atoms with Gasteiger partial charge in [-0.1, -0.05) is 6.07 Å². The number of methoxy groups -OCH3 is 1. The van der Waals surface area contributed by atoms with Crippen molar-refractivity contribution >= 4 is 11.7 Å². The van der Waals surface area contributed by atoms with Crippen molar-refractivity contribution in [3.05, 3.63) is 53.7 Å². The second-order valence-electron chi connectivity index (χ2n) is 5.50. The smallest absolute Gasteiger partial charge is 0.251 e. The average Bonchev–Trinajstić information content (AvgIpc) is 2.67. The third-order valence-electron chi connectivity index (χ3n) is 3.97. The van der Waals surface area contributed by atoms with Crippen LogP contribution in [0.2, 0.25) is 0 Å². The summed E-state index contributed by atoms with van der Waals surface area (Å²) >= 11 is 0. The molecule has 2 heterocycles. The van der Waals surface area contributed by atoms with Crippen molar-refractivity contribution in [3.63, 3.8) is 0 Å². The first-order valence-electron chi connectivity index (χ1n) is 7.97. The van der Waals surface area contributed by atoms with Crippen LogP contribution in [0.1, 0.15) is 15.9 Å². The highest BCUT2D eigenvalue weighted by Gasteiger charge is 2.16. The van der Waals surface area contributed by atoms with Crippen LogP contribution in [0.15, 0.2) is 42.6 Å². The van der Waals surface area contributed by atoms with E-state index in [4.69, 9.17) is 9.47 Å². The SMILES string of the molecule is COc1ccc(C(=O)NCc2cccnc2N2CCOCC2)cc1. The van der Waals surface area contributed by atoms with Crippen molar-refractivity contribution in [2.75, 3.05) is 38.3 Å². The lowest BCUT2D eigenvalue weighted by Gasteiger charge is -2.29. The number of hydrogen-bond donors (Lipinski definition) is 1. The Hall–Kier alpha value is -2.60. The van der Waals surface area contributed by atoms with Gasteiger partial charge in [-0.05, 0) is 30.3 Å². The van der Waals surface area contributed by atoms with Gasteiger partial charge in [0.2, 0.25) is 0 Å². The molecule has 0 spiro atoms. The number of hydrogen-bond acceptors (Lipinski definition) is 5. The van der Waals surface area contributed by atoms with Crippen molar-refractivity contribution in [3.8, 4) is 5.75 Å². The number of aromatic nitrogens is 1. The van der Waals surface area contributed by atoms with E-state index >= 15 is 0 Å². The van der Waals surface area contributed by atoms with Gasteiger partial charge in [-0.2, -0.15) is 0 Å². The van der Waals surface area contributed by atoms with Crippen LogP contribution < -0.4 is 15.0 Å². The van der Waals surface area contributed by atoms with Crippen molar-refractivity contribution < 1.29 is 14.3 Å². The fourth-order valence-electron chi connectivity index (χ4n) is 2.65. The van der Waals surface area contributed by atoms with Crippen LogP contribution >= 0.6 is 0 Å². The van der Waals surface area contributed by atoms with Gasteiger partial charge in [-0.15, -0.1) is 0 Å². The molecule has 6 nitrogen and oxygen atoms in total. The largest absolute Gasteiger partial charge is 0.497 e. The van der Waals surface area contributed by atoms with E-state index in [0.29, 0.717) is 25.3 Å². The highest BCUT2D eigenvalue weighted by atomic mass is 16.5. The molecule has 1 fully saturated rings. The summed E-state index contributed by atoms with van der Waals surface area (Å²) in [6.07, 6.45) is 1.78. The fourth-order valence-corrected chi connectivity index (χ4v) is 2.65. The molecule has 3 rings (SSSR count). The number of carbonyl (C=O) groups is 1. The summed E-state index contributed by atoms with van der Waals surface area (Å²) in [7, 11) is 1.60. The average molecular weight is 327 g/mol. The van der Waals surface area contributed by atoms with Crippen LogP contribution in [-0.2, 0) is 11.3 Å². The lowest BCUT2D eigenvalue weighted by Crippen LogP contribution is -2.37. The summed E-state index contributed by atoms with van der Waals surface area (Å²) in [4.78, 5) is 19.0. The molecule has 0 bridgehead atoms. The standard InChI is InChI=1S/C18H21N3O3/c1-23-16-6-4-14(5-7-16)18(22)20-13-15-3-2-8-19-17(15)21-9-11-24-12-10-21/h2-8H,9-13H2,1H3,(H,20,22). The number of amides is 1. The maximum atomic E-state index is 12.3. The summed E-state index contributed by atoms with van der Waals surface area (Å²) in [5, 5.41) is 2.95. The Morgan fingerprint density at radius 1 is 1.25 bits per heavy atom. The number of carbonyl (C=O) groups excluding carboxylic acids is 1. The zero-order valence-electron chi connectivity index (χ0n) is 13.7. The minimum atomic E-state index is -0.116. The molecule has 1 aliphatic heterocycles. The summed E-state index contributed by atoms with van der Waals surface area (Å²) < 4.78 is 10.5. The van der Waals surface area contributed by atoms with Crippen molar-refractivity contribution in [1.29, 1.82) is 0 Å². The zero-order chi connectivity index (χ0) is 16.8. The van der Waals surface area contributed by atoms with Gasteiger partial charge < -0.3 is 19.7 Å². The molecule has 0 radical (unpaired) electrons. The molecular formula is C18H21N3O3. The quantitative estimate of drug-likeness (QED) is 0.908. The molecule has 0 aliphatic carbocycles. The molecule has 0 unspecified atom stereocenters. The molecule has 1 aromatic heterocycles. The second-order valence-corrected chi connectivity index (χ2v) is 5.50. The highest BCUT2D eigenvalue weighted by Crippen LogP contribution is 2.18. The number of benzene rings is 1. The first kappa shape index (κ1) is 16.3. The van der Waals surface area contributed by atoms with E-state index in [9.17, 15) is 4.79 Å². The monoisotopic (exact) mass is 327 g/mol. The van der Waals surface area contributed by atoms with Crippen molar-refractivity contribution in [2.24, 2.45) is 0 Å². The number of nitrogens with one attached hydrogen (secondary N) is 1. The number of nitrogens with zero attached hydrogens (tertiary/aromatic N) is 2. The number of morpholine rings is 1. The van der Waals surface area contributed by atoms with Crippen LogP contribution in [0, 0.1) is 0 Å². The summed E-state index contributed by atoms with van der Waals surface area (Å²) in [6, 6.07) is 10.9. The lowest BCUT2D eigenvalue weighted by atomic mass is 10.2. The first-order valence-corrected chi connectivity index (χ1v) is 7.97. The van der Waals surface area contributed by atoms with E-state index in [2.05, 4.69) is 15.2 Å². The van der Waals surface area contributed by atoms with E-state index in [1.54, 1.807) is 37.6 Å². The van der Waals surface area contributed by atoms with Gasteiger partial charge in [0.1, 0.15) is 11.6 Å². The van der Waals surface area contributed by atoms with Crippen molar-refractivity contribution in [1.82, 2.24) is 10.3 Å². The van der Waals surface area contributed by atoms with Gasteiger partial charge in [0.25, 0.3) is 5.91 Å². The Morgan fingerprint density at radius 2 is 2.00 bits per heavy atom. The van der Waals surface area contributed by atoms with Gasteiger partial charge in [0.15, 0.2) is 0 Å². The normalized spacial score (nSPS) is 14.3. The third kappa shape index (κ3) is 3.83. The molecule has 0 saturated carbocycles. The van der Waals surface area contributed by atoms with Gasteiger partial charge in [-0.25, -0.2) is 4.98 Å². The lowest BCUT2D eigenvalue weighted by molar-refractivity contribution is 0.0950. The Kier molecular flexibility index (Phi) is 5.28. The predicted octanol–water partition coefficient (Wildman–Crippen LogP) is 1.86. The van der Waals surface area contributed by atoms with Crippen LogP contribution in [0.4, 0.5) is 5.82 Å². The molecular weight excluding hydrogens is 306 g/mol. The fraction of sp³-hybridized carbons (Fsp3) is 0.333. The molecule has 24 heavy (non-hydrogen) atoms. The third-order valence-corrected chi connectivity index (χ3v) is 3.97. The van der Waals surface area contributed by atoms with Gasteiger partial charge in [0, 0.05) is 37.0 Å². The Labute approximate surface area is 141 Å². The Morgan fingerprint density at radius 3 is 2.71 bits per heavy atom. The van der Waals surface area contributed by atoms with Crippen LogP contribution in [0.5, 0.6) is 5.75 Å². The topological polar surface area (TPSA) is 63.7 Å². The van der Waals surface area contributed by atoms with Gasteiger partial charge >= 0.3 is 0 Å². The molecule has 1 aliphatic rings. The predicted molar refractivity (Wildman–Crippen MR) is 91.4 cm³/mol. The van der Waals surface area contributed by atoms with Crippen molar-refractivity contribution in [2.45, 2.75) is 6.54 Å². The second kappa shape index (κ2) is 7.79. The molecule has 1 aromatic carbocycles. The van der Waals surface area contributed by atoms with E-state index in [1.807, 2.05) is 12.1 Å². The highest BCUT2D eigenvalue weighted by molar-refractivity contribution is 5.94. The Bertz CT molecular complexity index is 682. The summed E-state index contributed by atoms with van der Waals surface area (Å²) in [5.41, 5.74) is 1.61. The number of rotatable bonds is 5. The van der Waals surface area contributed by atoms with E-state index < -0.39 is 0 Å². The molecule has 126 valence electrons. The molecule has 0 atom stereocenters. The minimum absolute atomic E-state index is 0.116. The van der Waals surface area contributed by atoms with Gasteiger partial charge in [0.05, 0.1) is 20.3 Å². The number of pyridine rings is 1. The van der Waals surface area contributed by atoms with Crippen LogP contribution in [-0.4, -0.2) is 44.3 Å². The van der Waals surface area contributed by atoms with Crippen LogP contribution in [0.3, 0.4) is 0 Å². The van der Waals surface area contributed by atoms with Gasteiger partial charge in [-0.3, -0.25) is 4.79 Å². The minimum Gasteiger partial charge on any atom is -0.497 e. The molecule has 1 N–H and O–H groups in total. The maximum absolute atomic E-state index is 12.3. The maximum Gasteiger partial charge on any atom is 0.251 e. The van der Waals surface area contributed by atoms with Crippen LogP contribution in [0.25, 0.3) is 0 Å². The van der Waals surface area contributed by atoms with E-state index in [-0.39, 0.29) is 5.91 Å². The molecule has 2 aromatic rings. The van der Waals surface area contributed by atoms with E-state index in [1.165, 1.54) is 0 Å². The molecule has 6 heteroatoms. The summed E-state index contributed by atoms with van der Waals surface area (Å²) in [5.74, 6) is 1.53. The Balaban J connectivity index is 1.66. The first-order chi connectivity index (χ1) is 11.8. The molecule has 1 saturated heterocycles.